The fourth-order valence-corrected chi connectivity index (χ4v) is 4.67. The summed E-state index contributed by atoms with van der Waals surface area (Å²) in [6.45, 7) is 2.01. The van der Waals surface area contributed by atoms with Crippen LogP contribution in [0.3, 0.4) is 0 Å². The monoisotopic (exact) mass is 303 g/mol. The predicted molar refractivity (Wildman–Crippen MR) is 84.8 cm³/mol. The molecule has 2 aromatic rings. The maximum atomic E-state index is 13.0. The van der Waals surface area contributed by atoms with Gasteiger partial charge in [-0.25, -0.2) is 0 Å². The molecule has 4 rings (SSSR count). The first-order chi connectivity index (χ1) is 10.1. The highest BCUT2D eigenvalue weighted by atomic mass is 32.1. The van der Waals surface area contributed by atoms with Gasteiger partial charge in [0.2, 0.25) is 0 Å². The Morgan fingerprint density at radius 2 is 1.95 bits per heavy atom. The molecule has 0 bridgehead atoms. The number of hydrogen-bond donors (Lipinski definition) is 0. The van der Waals surface area contributed by atoms with Gasteiger partial charge in [-0.1, -0.05) is 12.8 Å². The van der Waals surface area contributed by atoms with Gasteiger partial charge in [0.1, 0.15) is 4.83 Å². The lowest BCUT2D eigenvalue weighted by Crippen LogP contribution is -2.40. The van der Waals surface area contributed by atoms with Crippen LogP contribution in [0.15, 0.2) is 6.07 Å². The highest BCUT2D eigenvalue weighted by molar-refractivity contribution is 7.20. The molecule has 2 aliphatic carbocycles. The molecule has 0 aromatic carbocycles. The number of rotatable bonds is 3. The molecule has 1 amide bonds. The Hall–Kier alpha value is -1.36. The largest absolute Gasteiger partial charge is 0.332 e. The van der Waals surface area contributed by atoms with Gasteiger partial charge in [-0.3, -0.25) is 9.48 Å². The molecule has 0 aliphatic heterocycles. The smallest absolute Gasteiger partial charge is 0.264 e. The Kier molecular flexibility index (Phi) is 3.06. The molecule has 2 aliphatic rings. The van der Waals surface area contributed by atoms with E-state index in [4.69, 9.17) is 0 Å². The molecule has 0 radical (unpaired) electrons. The lowest BCUT2D eigenvalue weighted by molar-refractivity contribution is 0.0669. The molecule has 2 aromatic heterocycles. The molecule has 21 heavy (non-hydrogen) atoms. The third-order valence-corrected chi connectivity index (χ3v) is 5.99. The first-order valence-corrected chi connectivity index (χ1v) is 8.72. The van der Waals surface area contributed by atoms with Gasteiger partial charge < -0.3 is 4.90 Å². The predicted octanol–water partition coefficient (Wildman–Crippen LogP) is 3.49. The van der Waals surface area contributed by atoms with Gasteiger partial charge in [0.05, 0.1) is 10.6 Å². The number of carbonyl (C=O) groups excluding carboxylic acids is 1. The normalized spacial score (nSPS) is 19.5. The highest BCUT2D eigenvalue weighted by Crippen LogP contribution is 2.37. The van der Waals surface area contributed by atoms with Crippen LogP contribution in [0.25, 0.3) is 10.2 Å². The zero-order chi connectivity index (χ0) is 14.6. The van der Waals surface area contributed by atoms with E-state index in [-0.39, 0.29) is 5.91 Å². The molecule has 4 nitrogen and oxygen atoms in total. The van der Waals surface area contributed by atoms with Crippen LogP contribution in [0, 0.1) is 6.92 Å². The van der Waals surface area contributed by atoms with E-state index in [1.807, 2.05) is 18.7 Å². The van der Waals surface area contributed by atoms with Gasteiger partial charge in [0, 0.05) is 24.5 Å². The Morgan fingerprint density at radius 1 is 1.29 bits per heavy atom. The van der Waals surface area contributed by atoms with E-state index in [2.05, 4.69) is 16.1 Å². The lowest BCUT2D eigenvalue weighted by Gasteiger charge is -2.28. The second-order valence-electron chi connectivity index (χ2n) is 6.42. The molecular weight excluding hydrogens is 282 g/mol. The third kappa shape index (κ3) is 2.18. The van der Waals surface area contributed by atoms with Gasteiger partial charge in [-0.05, 0) is 38.7 Å². The maximum Gasteiger partial charge on any atom is 0.264 e. The minimum atomic E-state index is 0.255. The summed E-state index contributed by atoms with van der Waals surface area (Å²) < 4.78 is 1.89. The fourth-order valence-electron chi connectivity index (χ4n) is 3.60. The van der Waals surface area contributed by atoms with Crippen molar-refractivity contribution >= 4 is 27.5 Å². The Labute approximate surface area is 128 Å². The average Bonchev–Trinajstić information content (AvgIpc) is 2.91. The summed E-state index contributed by atoms with van der Waals surface area (Å²) in [5.41, 5.74) is 1.02. The van der Waals surface area contributed by atoms with E-state index in [1.54, 1.807) is 11.3 Å². The van der Waals surface area contributed by atoms with Crippen LogP contribution >= 0.6 is 11.3 Å². The van der Waals surface area contributed by atoms with Crippen LogP contribution < -0.4 is 0 Å². The second-order valence-corrected chi connectivity index (χ2v) is 7.45. The van der Waals surface area contributed by atoms with Crippen molar-refractivity contribution in [1.29, 1.82) is 0 Å². The summed E-state index contributed by atoms with van der Waals surface area (Å²) in [6.07, 6.45) is 7.30. The molecule has 112 valence electrons. The first-order valence-electron chi connectivity index (χ1n) is 7.91. The molecule has 2 saturated carbocycles. The molecule has 0 spiro atoms. The number of hydrogen-bond acceptors (Lipinski definition) is 3. The highest BCUT2D eigenvalue weighted by Gasteiger charge is 2.39. The maximum absolute atomic E-state index is 13.0. The molecule has 0 unspecified atom stereocenters. The van der Waals surface area contributed by atoms with Crippen molar-refractivity contribution in [2.45, 2.75) is 57.5 Å². The zero-order valence-electron chi connectivity index (χ0n) is 12.6. The van der Waals surface area contributed by atoms with Crippen molar-refractivity contribution in [1.82, 2.24) is 14.7 Å². The second kappa shape index (κ2) is 4.83. The molecule has 2 fully saturated rings. The number of thiophene rings is 1. The minimum absolute atomic E-state index is 0.255. The van der Waals surface area contributed by atoms with Crippen LogP contribution in [-0.2, 0) is 7.05 Å². The van der Waals surface area contributed by atoms with E-state index in [1.165, 1.54) is 38.5 Å². The van der Waals surface area contributed by atoms with Crippen molar-refractivity contribution in [3.05, 3.63) is 16.6 Å². The molecule has 5 heteroatoms. The third-order valence-electron chi connectivity index (χ3n) is 4.80. The van der Waals surface area contributed by atoms with E-state index in [0.29, 0.717) is 12.1 Å². The summed E-state index contributed by atoms with van der Waals surface area (Å²) >= 11 is 1.59. The number of aromatic nitrogens is 2. The zero-order valence-corrected chi connectivity index (χ0v) is 13.4. The van der Waals surface area contributed by atoms with Crippen molar-refractivity contribution in [3.8, 4) is 0 Å². The standard InChI is InChI=1S/C16H21N3OS/c1-10-13-9-14(21-16(13)18(2)17-10)15(20)19(12-7-8-12)11-5-3-4-6-11/h9,11-12H,3-8H2,1-2H3. The summed E-state index contributed by atoms with van der Waals surface area (Å²) in [5, 5.41) is 5.55. The SMILES string of the molecule is Cc1nn(C)c2sc(C(=O)N(C3CCCC3)C3CC3)cc12. The summed E-state index contributed by atoms with van der Waals surface area (Å²) in [5.74, 6) is 0.255. The van der Waals surface area contributed by atoms with Gasteiger partial charge in [-0.2, -0.15) is 5.10 Å². The quantitative estimate of drug-likeness (QED) is 0.870. The number of nitrogens with zero attached hydrogens (tertiary/aromatic N) is 3. The first kappa shape index (κ1) is 13.3. The van der Waals surface area contributed by atoms with E-state index in [0.717, 1.165) is 20.8 Å². The van der Waals surface area contributed by atoms with Crippen LogP contribution in [0.4, 0.5) is 0 Å². The number of aryl methyl sites for hydroxylation is 2. The number of amides is 1. The van der Waals surface area contributed by atoms with E-state index >= 15 is 0 Å². The van der Waals surface area contributed by atoms with Crippen LogP contribution in [0.1, 0.15) is 53.9 Å². The summed E-state index contributed by atoms with van der Waals surface area (Å²) in [6, 6.07) is 3.04. The summed E-state index contributed by atoms with van der Waals surface area (Å²) in [7, 11) is 1.95. The Balaban J connectivity index is 1.68. The van der Waals surface area contributed by atoms with Crippen molar-refractivity contribution < 1.29 is 4.79 Å². The number of carbonyl (C=O) groups is 1. The van der Waals surface area contributed by atoms with Gasteiger partial charge in [-0.15, -0.1) is 11.3 Å². The molecule has 2 heterocycles. The summed E-state index contributed by atoms with van der Waals surface area (Å²) in [4.78, 5) is 17.2. The lowest BCUT2D eigenvalue weighted by atomic mass is 10.2. The fraction of sp³-hybridized carbons (Fsp3) is 0.625. The van der Waals surface area contributed by atoms with Gasteiger partial charge in [0.25, 0.3) is 5.91 Å². The van der Waals surface area contributed by atoms with Gasteiger partial charge >= 0.3 is 0 Å². The topological polar surface area (TPSA) is 38.1 Å². The van der Waals surface area contributed by atoms with Crippen molar-refractivity contribution in [2.24, 2.45) is 7.05 Å². The average molecular weight is 303 g/mol. The van der Waals surface area contributed by atoms with Crippen LogP contribution in [0.5, 0.6) is 0 Å². The van der Waals surface area contributed by atoms with E-state index < -0.39 is 0 Å². The van der Waals surface area contributed by atoms with Crippen LogP contribution in [-0.4, -0.2) is 32.7 Å². The molecule has 0 atom stereocenters. The minimum Gasteiger partial charge on any atom is -0.332 e. The van der Waals surface area contributed by atoms with E-state index in [9.17, 15) is 4.79 Å². The van der Waals surface area contributed by atoms with Crippen LogP contribution in [0.2, 0.25) is 0 Å². The van der Waals surface area contributed by atoms with Crippen molar-refractivity contribution in [2.75, 3.05) is 0 Å². The van der Waals surface area contributed by atoms with Crippen molar-refractivity contribution in [3.63, 3.8) is 0 Å². The number of fused-ring (bicyclic) bond motifs is 1. The Morgan fingerprint density at radius 3 is 2.57 bits per heavy atom. The van der Waals surface area contributed by atoms with Gasteiger partial charge in [0.15, 0.2) is 0 Å². The molecule has 0 saturated heterocycles. The Bertz CT molecular complexity index is 657. The molecular formula is C16H21N3OS. The molecule has 0 N–H and O–H groups in total.